The van der Waals surface area contributed by atoms with E-state index in [1.54, 1.807) is 16.8 Å². The normalized spacial score (nSPS) is 20.7. The molecule has 0 saturated carbocycles. The lowest BCUT2D eigenvalue weighted by atomic mass is 9.95. The largest absolute Gasteiger partial charge is 0.346 e. The Hall–Kier alpha value is -2.28. The number of hydrogen-bond acceptors (Lipinski definition) is 4. The number of nitrogens with zero attached hydrogens (tertiary/aromatic N) is 3. The second-order valence-electron chi connectivity index (χ2n) is 6.89. The first-order valence-corrected chi connectivity index (χ1v) is 8.70. The topological polar surface area (TPSA) is 71.8 Å². The summed E-state index contributed by atoms with van der Waals surface area (Å²) < 4.78 is 15.1. The van der Waals surface area contributed by atoms with Gasteiger partial charge in [-0.2, -0.15) is 0 Å². The molecule has 3 rings (SSSR count). The molecule has 1 aliphatic heterocycles. The average Bonchev–Trinajstić information content (AvgIpc) is 3.03. The Morgan fingerprint density at radius 2 is 2.24 bits per heavy atom. The SMILES string of the molecule is CC(C)c1nc(C(=O)NC2CCNCC2C)nn1-c1cccc(F)c1. The summed E-state index contributed by atoms with van der Waals surface area (Å²) in [6, 6.07) is 6.24. The highest BCUT2D eigenvalue weighted by Gasteiger charge is 2.26. The van der Waals surface area contributed by atoms with Crippen molar-refractivity contribution in [2.45, 2.75) is 39.2 Å². The number of carbonyl (C=O) groups excluding carboxylic acids is 1. The number of halogens is 1. The van der Waals surface area contributed by atoms with Crippen LogP contribution < -0.4 is 10.6 Å². The number of amides is 1. The highest BCUT2D eigenvalue weighted by atomic mass is 19.1. The number of piperidine rings is 1. The molecule has 2 heterocycles. The van der Waals surface area contributed by atoms with E-state index in [-0.39, 0.29) is 29.5 Å². The molecule has 25 heavy (non-hydrogen) atoms. The molecule has 1 amide bonds. The van der Waals surface area contributed by atoms with Crippen molar-refractivity contribution in [2.75, 3.05) is 13.1 Å². The average molecular weight is 345 g/mol. The van der Waals surface area contributed by atoms with Gasteiger partial charge in [-0.05, 0) is 43.6 Å². The predicted octanol–water partition coefficient (Wildman–Crippen LogP) is 2.26. The summed E-state index contributed by atoms with van der Waals surface area (Å²) in [6.07, 6.45) is 0.883. The fraction of sp³-hybridized carbons (Fsp3) is 0.500. The van der Waals surface area contributed by atoms with Gasteiger partial charge in [-0.25, -0.2) is 14.1 Å². The minimum Gasteiger partial charge on any atom is -0.346 e. The first kappa shape index (κ1) is 17.5. The number of aromatic nitrogens is 3. The van der Waals surface area contributed by atoms with Gasteiger partial charge in [0.05, 0.1) is 5.69 Å². The first-order chi connectivity index (χ1) is 12.0. The first-order valence-electron chi connectivity index (χ1n) is 8.70. The van der Waals surface area contributed by atoms with Crippen molar-refractivity contribution >= 4 is 5.91 Å². The quantitative estimate of drug-likeness (QED) is 0.892. The van der Waals surface area contributed by atoms with Crippen LogP contribution in [-0.4, -0.2) is 39.8 Å². The Balaban J connectivity index is 1.87. The van der Waals surface area contributed by atoms with Crippen LogP contribution in [0.5, 0.6) is 0 Å². The number of rotatable bonds is 4. The molecule has 1 saturated heterocycles. The Morgan fingerprint density at radius 1 is 1.44 bits per heavy atom. The van der Waals surface area contributed by atoms with Crippen LogP contribution in [0.1, 0.15) is 49.6 Å². The molecule has 0 aliphatic carbocycles. The zero-order chi connectivity index (χ0) is 18.0. The Labute approximate surface area is 146 Å². The van der Waals surface area contributed by atoms with Gasteiger partial charge in [0.2, 0.25) is 5.82 Å². The van der Waals surface area contributed by atoms with Crippen LogP contribution in [-0.2, 0) is 0 Å². The summed E-state index contributed by atoms with van der Waals surface area (Å²) in [4.78, 5) is 17.0. The van der Waals surface area contributed by atoms with E-state index < -0.39 is 0 Å². The maximum absolute atomic E-state index is 13.6. The highest BCUT2D eigenvalue weighted by Crippen LogP contribution is 2.18. The monoisotopic (exact) mass is 345 g/mol. The molecule has 1 aromatic carbocycles. The summed E-state index contributed by atoms with van der Waals surface area (Å²) in [6.45, 7) is 7.81. The summed E-state index contributed by atoms with van der Waals surface area (Å²) in [5.74, 6) is 0.531. The van der Waals surface area contributed by atoms with Crippen molar-refractivity contribution in [3.05, 3.63) is 41.7 Å². The Morgan fingerprint density at radius 3 is 2.92 bits per heavy atom. The van der Waals surface area contributed by atoms with Crippen molar-refractivity contribution in [1.82, 2.24) is 25.4 Å². The van der Waals surface area contributed by atoms with Gasteiger partial charge in [0.1, 0.15) is 11.6 Å². The lowest BCUT2D eigenvalue weighted by molar-refractivity contribution is 0.0903. The number of carbonyl (C=O) groups is 1. The number of benzene rings is 1. The van der Waals surface area contributed by atoms with E-state index in [2.05, 4.69) is 27.6 Å². The third-order valence-electron chi connectivity index (χ3n) is 4.51. The van der Waals surface area contributed by atoms with E-state index in [0.717, 1.165) is 19.5 Å². The molecule has 6 nitrogen and oxygen atoms in total. The molecule has 0 spiro atoms. The summed E-state index contributed by atoms with van der Waals surface area (Å²) in [5.41, 5.74) is 0.561. The smallest absolute Gasteiger partial charge is 0.291 e. The van der Waals surface area contributed by atoms with Crippen LogP contribution in [0.2, 0.25) is 0 Å². The molecule has 134 valence electrons. The Kier molecular flexibility index (Phi) is 5.13. The molecule has 2 unspecified atom stereocenters. The van der Waals surface area contributed by atoms with Crippen LogP contribution in [0, 0.1) is 11.7 Å². The van der Waals surface area contributed by atoms with Crippen LogP contribution in [0.25, 0.3) is 5.69 Å². The fourth-order valence-corrected chi connectivity index (χ4v) is 3.05. The van der Waals surface area contributed by atoms with Crippen LogP contribution in [0.4, 0.5) is 4.39 Å². The predicted molar refractivity (Wildman–Crippen MR) is 93.3 cm³/mol. The van der Waals surface area contributed by atoms with Crippen molar-refractivity contribution in [1.29, 1.82) is 0 Å². The lowest BCUT2D eigenvalue weighted by Crippen LogP contribution is -2.48. The maximum Gasteiger partial charge on any atom is 0.291 e. The molecule has 0 radical (unpaired) electrons. The van der Waals surface area contributed by atoms with Gasteiger partial charge in [0.25, 0.3) is 5.91 Å². The van der Waals surface area contributed by atoms with Crippen molar-refractivity contribution in [2.24, 2.45) is 5.92 Å². The maximum atomic E-state index is 13.6. The summed E-state index contributed by atoms with van der Waals surface area (Å²) >= 11 is 0. The van der Waals surface area contributed by atoms with Crippen LogP contribution >= 0.6 is 0 Å². The Bertz CT molecular complexity index is 758. The molecular formula is C18H24FN5O. The second kappa shape index (κ2) is 7.31. The van der Waals surface area contributed by atoms with E-state index in [0.29, 0.717) is 17.4 Å². The minimum absolute atomic E-state index is 0.0510. The van der Waals surface area contributed by atoms with Gasteiger partial charge in [0.15, 0.2) is 0 Å². The fourth-order valence-electron chi connectivity index (χ4n) is 3.05. The molecule has 1 aliphatic rings. The molecule has 2 atom stereocenters. The van der Waals surface area contributed by atoms with Crippen LogP contribution in [0.3, 0.4) is 0 Å². The zero-order valence-corrected chi connectivity index (χ0v) is 14.8. The molecule has 2 aromatic rings. The second-order valence-corrected chi connectivity index (χ2v) is 6.89. The van der Waals surface area contributed by atoms with E-state index in [1.807, 2.05) is 13.8 Å². The van der Waals surface area contributed by atoms with Gasteiger partial charge in [-0.1, -0.05) is 26.8 Å². The molecule has 0 bridgehead atoms. The van der Waals surface area contributed by atoms with E-state index in [1.165, 1.54) is 12.1 Å². The summed E-state index contributed by atoms with van der Waals surface area (Å²) in [5, 5.41) is 10.7. The van der Waals surface area contributed by atoms with Crippen molar-refractivity contribution in [3.8, 4) is 5.69 Å². The molecule has 1 aromatic heterocycles. The number of hydrogen-bond donors (Lipinski definition) is 2. The van der Waals surface area contributed by atoms with E-state index >= 15 is 0 Å². The van der Waals surface area contributed by atoms with E-state index in [4.69, 9.17) is 0 Å². The van der Waals surface area contributed by atoms with Gasteiger partial charge in [-0.3, -0.25) is 4.79 Å². The zero-order valence-electron chi connectivity index (χ0n) is 14.8. The van der Waals surface area contributed by atoms with Crippen molar-refractivity contribution < 1.29 is 9.18 Å². The lowest BCUT2D eigenvalue weighted by Gasteiger charge is -2.29. The van der Waals surface area contributed by atoms with Gasteiger partial charge < -0.3 is 10.6 Å². The third kappa shape index (κ3) is 3.87. The standard InChI is InChI=1S/C18H24FN5O/c1-11(2)17-22-16(18(25)21-15-7-8-20-10-12(15)3)23-24(17)14-6-4-5-13(19)9-14/h4-6,9,11-12,15,20H,7-8,10H2,1-3H3,(H,21,25). The molecule has 1 fully saturated rings. The third-order valence-corrected chi connectivity index (χ3v) is 4.51. The molecular weight excluding hydrogens is 321 g/mol. The minimum atomic E-state index is -0.350. The molecule has 7 heteroatoms. The molecule has 2 N–H and O–H groups in total. The van der Waals surface area contributed by atoms with E-state index in [9.17, 15) is 9.18 Å². The highest BCUT2D eigenvalue weighted by molar-refractivity contribution is 5.90. The number of nitrogens with one attached hydrogen (secondary N) is 2. The van der Waals surface area contributed by atoms with Gasteiger partial charge in [-0.15, -0.1) is 5.10 Å². The van der Waals surface area contributed by atoms with Crippen LogP contribution in [0.15, 0.2) is 24.3 Å². The summed E-state index contributed by atoms with van der Waals surface area (Å²) in [7, 11) is 0. The van der Waals surface area contributed by atoms with Gasteiger partial charge in [0, 0.05) is 12.0 Å². The van der Waals surface area contributed by atoms with Crippen molar-refractivity contribution in [3.63, 3.8) is 0 Å². The van der Waals surface area contributed by atoms with Gasteiger partial charge >= 0.3 is 0 Å².